The van der Waals surface area contributed by atoms with Crippen LogP contribution in [0.15, 0.2) is 36.5 Å². The van der Waals surface area contributed by atoms with Crippen LogP contribution in [0.25, 0.3) is 0 Å². The highest BCUT2D eigenvalue weighted by Crippen LogP contribution is 2.36. The lowest BCUT2D eigenvalue weighted by atomic mass is 9.81. The predicted octanol–water partition coefficient (Wildman–Crippen LogP) is 5.55. The molecule has 0 spiro atoms. The maximum absolute atomic E-state index is 5.91. The first-order valence-electron chi connectivity index (χ1n) is 10.9. The van der Waals surface area contributed by atoms with Gasteiger partial charge in [0.05, 0.1) is 25.5 Å². The van der Waals surface area contributed by atoms with Crippen LogP contribution in [0, 0.1) is 0 Å². The molecule has 1 saturated carbocycles. The van der Waals surface area contributed by atoms with Crippen LogP contribution in [-0.4, -0.2) is 30.8 Å². The summed E-state index contributed by atoms with van der Waals surface area (Å²) in [5.41, 5.74) is 3.31. The van der Waals surface area contributed by atoms with Gasteiger partial charge in [-0.2, -0.15) is 0 Å². The average molecular weight is 399 g/mol. The highest BCUT2D eigenvalue weighted by atomic mass is 16.5. The van der Waals surface area contributed by atoms with Crippen LogP contribution in [-0.2, 0) is 11.3 Å². The van der Waals surface area contributed by atoms with Gasteiger partial charge in [-0.3, -0.25) is 4.98 Å². The van der Waals surface area contributed by atoms with E-state index in [-0.39, 0.29) is 0 Å². The zero-order chi connectivity index (χ0) is 20.5. The van der Waals surface area contributed by atoms with Gasteiger partial charge in [-0.1, -0.05) is 12.1 Å². The number of rotatable bonds is 10. The minimum Gasteiger partial charge on any atom is -0.494 e. The van der Waals surface area contributed by atoms with Gasteiger partial charge in [0, 0.05) is 18.8 Å². The number of anilines is 1. The molecule has 1 heterocycles. The molecule has 1 N–H and O–H groups in total. The standard InChI is InChI=1S/C24H34N2O3/c1-4-27-17-23-24(29-6-3)22(15-16-25-23)26-20-11-7-18(8-12-20)19-9-13-21(14-10-19)28-5-2/h9-10,13-16,18,20H,4-8,11-12,17H2,1-3H3,(H,25,26)/t18-,20+. The third-order valence-electron chi connectivity index (χ3n) is 5.46. The van der Waals surface area contributed by atoms with Gasteiger partial charge >= 0.3 is 0 Å². The molecule has 158 valence electrons. The van der Waals surface area contributed by atoms with Crippen LogP contribution < -0.4 is 14.8 Å². The Morgan fingerprint density at radius 3 is 2.28 bits per heavy atom. The summed E-state index contributed by atoms with van der Waals surface area (Å²) in [6.07, 6.45) is 6.50. The molecule has 1 fully saturated rings. The molecule has 3 rings (SSSR count). The summed E-state index contributed by atoms with van der Waals surface area (Å²) in [6.45, 7) is 8.48. The molecule has 5 heteroatoms. The van der Waals surface area contributed by atoms with E-state index in [0.29, 0.717) is 38.4 Å². The van der Waals surface area contributed by atoms with Crippen LogP contribution in [0.4, 0.5) is 5.69 Å². The minimum absolute atomic E-state index is 0.454. The number of aromatic nitrogens is 1. The number of hydrogen-bond donors (Lipinski definition) is 1. The Morgan fingerprint density at radius 2 is 1.62 bits per heavy atom. The zero-order valence-corrected chi connectivity index (χ0v) is 17.9. The van der Waals surface area contributed by atoms with Crippen molar-refractivity contribution >= 4 is 5.69 Å². The lowest BCUT2D eigenvalue weighted by molar-refractivity contribution is 0.128. The highest BCUT2D eigenvalue weighted by molar-refractivity contribution is 5.58. The van der Waals surface area contributed by atoms with E-state index in [0.717, 1.165) is 35.7 Å². The Hall–Kier alpha value is -2.27. The van der Waals surface area contributed by atoms with Crippen LogP contribution in [0.3, 0.4) is 0 Å². The van der Waals surface area contributed by atoms with Gasteiger partial charge in [-0.25, -0.2) is 0 Å². The summed E-state index contributed by atoms with van der Waals surface area (Å²) in [5, 5.41) is 3.71. The van der Waals surface area contributed by atoms with Crippen molar-refractivity contribution < 1.29 is 14.2 Å². The number of ether oxygens (including phenoxy) is 3. The van der Waals surface area contributed by atoms with E-state index >= 15 is 0 Å². The van der Waals surface area contributed by atoms with Crippen molar-refractivity contribution in [2.75, 3.05) is 25.1 Å². The van der Waals surface area contributed by atoms with Gasteiger partial charge in [0.25, 0.3) is 0 Å². The molecule has 0 radical (unpaired) electrons. The maximum atomic E-state index is 5.91. The molecule has 0 aliphatic heterocycles. The maximum Gasteiger partial charge on any atom is 0.166 e. The molecular formula is C24H34N2O3. The van der Waals surface area contributed by atoms with Crippen LogP contribution in [0.5, 0.6) is 11.5 Å². The molecular weight excluding hydrogens is 364 g/mol. The third-order valence-corrected chi connectivity index (χ3v) is 5.46. The van der Waals surface area contributed by atoms with Gasteiger partial charge in [0.1, 0.15) is 11.4 Å². The Bertz CT molecular complexity index is 740. The van der Waals surface area contributed by atoms with Crippen molar-refractivity contribution in [1.82, 2.24) is 4.98 Å². The number of nitrogens with zero attached hydrogens (tertiary/aromatic N) is 1. The summed E-state index contributed by atoms with van der Waals surface area (Å²) in [7, 11) is 0. The zero-order valence-electron chi connectivity index (χ0n) is 17.9. The van der Waals surface area contributed by atoms with E-state index in [1.165, 1.54) is 18.4 Å². The smallest absolute Gasteiger partial charge is 0.166 e. The second-order valence-corrected chi connectivity index (χ2v) is 7.40. The van der Waals surface area contributed by atoms with Gasteiger partial charge in [0.2, 0.25) is 0 Å². The summed E-state index contributed by atoms with van der Waals surface area (Å²) < 4.78 is 17.0. The van der Waals surface area contributed by atoms with E-state index in [1.54, 1.807) is 0 Å². The van der Waals surface area contributed by atoms with Crippen molar-refractivity contribution in [3.05, 3.63) is 47.8 Å². The monoisotopic (exact) mass is 398 g/mol. The Balaban J connectivity index is 1.60. The number of nitrogens with one attached hydrogen (secondary N) is 1. The van der Waals surface area contributed by atoms with Crippen LogP contribution in [0.2, 0.25) is 0 Å². The van der Waals surface area contributed by atoms with Crippen molar-refractivity contribution in [1.29, 1.82) is 0 Å². The average Bonchev–Trinajstić information content (AvgIpc) is 2.75. The minimum atomic E-state index is 0.454. The molecule has 1 aromatic heterocycles. The van der Waals surface area contributed by atoms with Crippen LogP contribution in [0.1, 0.15) is 63.6 Å². The molecule has 0 unspecified atom stereocenters. The van der Waals surface area contributed by atoms with E-state index in [1.807, 2.05) is 33.0 Å². The van der Waals surface area contributed by atoms with Gasteiger partial charge < -0.3 is 19.5 Å². The number of benzene rings is 1. The van der Waals surface area contributed by atoms with Crippen molar-refractivity contribution in [3.8, 4) is 11.5 Å². The fraction of sp³-hybridized carbons (Fsp3) is 0.542. The van der Waals surface area contributed by atoms with Gasteiger partial charge in [-0.15, -0.1) is 0 Å². The highest BCUT2D eigenvalue weighted by Gasteiger charge is 2.23. The molecule has 5 nitrogen and oxygen atoms in total. The summed E-state index contributed by atoms with van der Waals surface area (Å²) in [6, 6.07) is 11.1. The second kappa shape index (κ2) is 11.1. The molecule has 0 bridgehead atoms. The summed E-state index contributed by atoms with van der Waals surface area (Å²) in [4.78, 5) is 4.46. The quantitative estimate of drug-likeness (QED) is 0.568. The molecule has 0 atom stereocenters. The van der Waals surface area contributed by atoms with Gasteiger partial charge in [0.15, 0.2) is 5.75 Å². The first-order chi connectivity index (χ1) is 14.2. The van der Waals surface area contributed by atoms with E-state index in [4.69, 9.17) is 14.2 Å². The molecule has 29 heavy (non-hydrogen) atoms. The number of pyridine rings is 1. The van der Waals surface area contributed by atoms with Crippen molar-refractivity contribution in [2.24, 2.45) is 0 Å². The molecule has 2 aromatic rings. The molecule has 1 aromatic carbocycles. The largest absolute Gasteiger partial charge is 0.494 e. The lowest BCUT2D eigenvalue weighted by Gasteiger charge is -2.30. The fourth-order valence-electron chi connectivity index (χ4n) is 4.01. The lowest BCUT2D eigenvalue weighted by Crippen LogP contribution is -2.26. The second-order valence-electron chi connectivity index (χ2n) is 7.40. The fourth-order valence-corrected chi connectivity index (χ4v) is 4.01. The third kappa shape index (κ3) is 5.86. The first-order valence-corrected chi connectivity index (χ1v) is 10.9. The van der Waals surface area contributed by atoms with Crippen molar-refractivity contribution in [2.45, 2.75) is 65.0 Å². The predicted molar refractivity (Wildman–Crippen MR) is 117 cm³/mol. The number of hydrogen-bond acceptors (Lipinski definition) is 5. The Labute approximate surface area is 174 Å². The molecule has 1 aliphatic rings. The normalized spacial score (nSPS) is 19.0. The van der Waals surface area contributed by atoms with Crippen molar-refractivity contribution in [3.63, 3.8) is 0 Å². The Morgan fingerprint density at radius 1 is 0.897 bits per heavy atom. The molecule has 0 saturated heterocycles. The van der Waals surface area contributed by atoms with E-state index in [9.17, 15) is 0 Å². The molecule has 0 amide bonds. The Kier molecular flexibility index (Phi) is 8.17. The van der Waals surface area contributed by atoms with Crippen LogP contribution >= 0.6 is 0 Å². The molecule has 1 aliphatic carbocycles. The SMILES string of the molecule is CCOCc1nccc(N[C@H]2CC[C@@H](c3ccc(OCC)cc3)CC2)c1OCC. The topological polar surface area (TPSA) is 52.6 Å². The van der Waals surface area contributed by atoms with E-state index in [2.05, 4.69) is 34.6 Å². The van der Waals surface area contributed by atoms with E-state index < -0.39 is 0 Å². The summed E-state index contributed by atoms with van der Waals surface area (Å²) >= 11 is 0. The summed E-state index contributed by atoms with van der Waals surface area (Å²) in [5.74, 6) is 2.41. The van der Waals surface area contributed by atoms with Gasteiger partial charge in [-0.05, 0) is 76.1 Å². The first kappa shape index (κ1) is 21.4.